The van der Waals surface area contributed by atoms with Gasteiger partial charge in [0.1, 0.15) is 0 Å². The molecular formula is C12H17BrN2O. The van der Waals surface area contributed by atoms with E-state index in [1.165, 1.54) is 12.8 Å². The number of pyridine rings is 1. The molecule has 88 valence electrons. The van der Waals surface area contributed by atoms with Crippen LogP contribution >= 0.6 is 15.9 Å². The van der Waals surface area contributed by atoms with Crippen LogP contribution in [0, 0.1) is 12.8 Å². The molecule has 1 N–H and O–H groups in total. The first kappa shape index (κ1) is 11.9. The zero-order chi connectivity index (χ0) is 11.4. The van der Waals surface area contributed by atoms with Gasteiger partial charge in [-0.1, -0.05) is 0 Å². The molecule has 1 aliphatic rings. The molecule has 0 aliphatic carbocycles. The maximum Gasteiger partial charge on any atom is 0.228 e. The first-order valence-corrected chi connectivity index (χ1v) is 6.51. The predicted molar refractivity (Wildman–Crippen MR) is 67.8 cm³/mol. The summed E-state index contributed by atoms with van der Waals surface area (Å²) in [4.78, 5) is 4.24. The van der Waals surface area contributed by atoms with Crippen molar-refractivity contribution in [2.45, 2.75) is 19.8 Å². The van der Waals surface area contributed by atoms with Gasteiger partial charge in [-0.3, -0.25) is 0 Å². The van der Waals surface area contributed by atoms with Crippen LogP contribution in [0.4, 0.5) is 0 Å². The van der Waals surface area contributed by atoms with Crippen LogP contribution in [0.5, 0.6) is 5.88 Å². The minimum atomic E-state index is 0.662. The van der Waals surface area contributed by atoms with Crippen molar-refractivity contribution in [1.82, 2.24) is 10.3 Å². The fourth-order valence-electron chi connectivity index (χ4n) is 1.86. The molecule has 0 saturated carbocycles. The van der Waals surface area contributed by atoms with E-state index in [0.717, 1.165) is 35.6 Å². The van der Waals surface area contributed by atoms with Crippen molar-refractivity contribution >= 4 is 15.9 Å². The van der Waals surface area contributed by atoms with Crippen molar-refractivity contribution in [2.75, 3.05) is 19.7 Å². The van der Waals surface area contributed by atoms with Crippen molar-refractivity contribution in [3.05, 3.63) is 22.3 Å². The summed E-state index contributed by atoms with van der Waals surface area (Å²) in [5.74, 6) is 1.38. The maximum absolute atomic E-state index is 5.77. The van der Waals surface area contributed by atoms with Crippen LogP contribution in [0.15, 0.2) is 16.7 Å². The van der Waals surface area contributed by atoms with E-state index < -0.39 is 0 Å². The number of halogens is 1. The number of hydrogen-bond acceptors (Lipinski definition) is 3. The Morgan fingerprint density at radius 3 is 3.00 bits per heavy atom. The second kappa shape index (κ2) is 5.64. The minimum Gasteiger partial charge on any atom is -0.477 e. The van der Waals surface area contributed by atoms with Gasteiger partial charge in [0, 0.05) is 6.20 Å². The molecule has 3 nitrogen and oxygen atoms in total. The Bertz CT molecular complexity index is 351. The van der Waals surface area contributed by atoms with Crippen LogP contribution in [0.1, 0.15) is 18.4 Å². The summed E-state index contributed by atoms with van der Waals surface area (Å²) in [5, 5.41) is 3.35. The molecule has 4 heteroatoms. The topological polar surface area (TPSA) is 34.1 Å². The highest BCUT2D eigenvalue weighted by molar-refractivity contribution is 9.10. The van der Waals surface area contributed by atoms with Gasteiger partial charge >= 0.3 is 0 Å². The lowest BCUT2D eigenvalue weighted by Crippen LogP contribution is -2.30. The summed E-state index contributed by atoms with van der Waals surface area (Å²) in [6, 6.07) is 1.97. The number of aryl methyl sites for hydroxylation is 1. The normalized spacial score (nSPS) is 17.4. The largest absolute Gasteiger partial charge is 0.477 e. The van der Waals surface area contributed by atoms with Gasteiger partial charge < -0.3 is 10.1 Å². The van der Waals surface area contributed by atoms with Crippen LogP contribution in [0.2, 0.25) is 0 Å². The van der Waals surface area contributed by atoms with Gasteiger partial charge in [-0.2, -0.15) is 0 Å². The molecule has 0 bridgehead atoms. The smallest absolute Gasteiger partial charge is 0.228 e. The highest BCUT2D eigenvalue weighted by Gasteiger charge is 2.14. The van der Waals surface area contributed by atoms with E-state index in [1.54, 1.807) is 6.20 Å². The van der Waals surface area contributed by atoms with Crippen LogP contribution in [0.3, 0.4) is 0 Å². The standard InChI is InChI=1S/C12H17BrN2O/c1-9-2-7-15-12(11(9)13)16-8-10-3-5-14-6-4-10/h2,7,10,14H,3-6,8H2,1H3. The SMILES string of the molecule is Cc1ccnc(OCC2CCNCC2)c1Br. The van der Waals surface area contributed by atoms with Gasteiger partial charge in [-0.05, 0) is 66.3 Å². The molecule has 0 spiro atoms. The highest BCUT2D eigenvalue weighted by atomic mass is 79.9. The van der Waals surface area contributed by atoms with Gasteiger partial charge in [-0.25, -0.2) is 4.98 Å². The number of nitrogens with zero attached hydrogens (tertiary/aromatic N) is 1. The number of piperidine rings is 1. The Morgan fingerprint density at radius 1 is 1.50 bits per heavy atom. The number of ether oxygens (including phenoxy) is 1. The Hall–Kier alpha value is -0.610. The third-order valence-electron chi connectivity index (χ3n) is 2.96. The van der Waals surface area contributed by atoms with E-state index in [9.17, 15) is 0 Å². The third kappa shape index (κ3) is 2.95. The fraction of sp³-hybridized carbons (Fsp3) is 0.583. The molecule has 0 unspecified atom stereocenters. The fourth-order valence-corrected chi connectivity index (χ4v) is 2.21. The van der Waals surface area contributed by atoms with Crippen molar-refractivity contribution < 1.29 is 4.74 Å². The second-order valence-electron chi connectivity index (χ2n) is 4.25. The molecule has 0 amide bonds. The van der Waals surface area contributed by atoms with Crippen LogP contribution < -0.4 is 10.1 Å². The van der Waals surface area contributed by atoms with Gasteiger partial charge in [0.05, 0.1) is 11.1 Å². The Labute approximate surface area is 105 Å². The predicted octanol–water partition coefficient (Wildman–Crippen LogP) is 2.53. The molecule has 1 saturated heterocycles. The van der Waals surface area contributed by atoms with E-state index in [-0.39, 0.29) is 0 Å². The summed E-state index contributed by atoms with van der Waals surface area (Å²) >= 11 is 3.51. The van der Waals surface area contributed by atoms with Gasteiger partial charge in [0.25, 0.3) is 0 Å². The first-order valence-electron chi connectivity index (χ1n) is 5.72. The summed E-state index contributed by atoms with van der Waals surface area (Å²) in [5.41, 5.74) is 1.16. The van der Waals surface area contributed by atoms with E-state index >= 15 is 0 Å². The van der Waals surface area contributed by atoms with Crippen LogP contribution in [-0.4, -0.2) is 24.7 Å². The summed E-state index contributed by atoms with van der Waals surface area (Å²) in [6.07, 6.45) is 4.19. The third-order valence-corrected chi connectivity index (χ3v) is 3.93. The molecule has 1 aromatic rings. The van der Waals surface area contributed by atoms with Crippen molar-refractivity contribution in [1.29, 1.82) is 0 Å². The number of nitrogens with one attached hydrogen (secondary N) is 1. The molecule has 0 atom stereocenters. The minimum absolute atomic E-state index is 0.662. The summed E-state index contributed by atoms with van der Waals surface area (Å²) in [6.45, 7) is 5.03. The Kier molecular flexibility index (Phi) is 4.18. The molecule has 0 radical (unpaired) electrons. The van der Waals surface area contributed by atoms with Crippen molar-refractivity contribution in [3.8, 4) is 5.88 Å². The molecule has 16 heavy (non-hydrogen) atoms. The van der Waals surface area contributed by atoms with Gasteiger partial charge in [0.2, 0.25) is 5.88 Å². The second-order valence-corrected chi connectivity index (χ2v) is 5.04. The molecule has 2 heterocycles. The van der Waals surface area contributed by atoms with E-state index in [0.29, 0.717) is 5.92 Å². The van der Waals surface area contributed by atoms with Crippen molar-refractivity contribution in [3.63, 3.8) is 0 Å². The monoisotopic (exact) mass is 284 g/mol. The zero-order valence-electron chi connectivity index (χ0n) is 9.50. The molecule has 1 aliphatic heterocycles. The first-order chi connectivity index (χ1) is 7.77. The maximum atomic E-state index is 5.77. The molecule has 2 rings (SSSR count). The quantitative estimate of drug-likeness (QED) is 0.926. The van der Waals surface area contributed by atoms with Gasteiger partial charge in [0.15, 0.2) is 0 Å². The summed E-state index contributed by atoms with van der Waals surface area (Å²) < 4.78 is 6.75. The van der Waals surface area contributed by atoms with Crippen LogP contribution in [-0.2, 0) is 0 Å². The van der Waals surface area contributed by atoms with E-state index in [2.05, 4.69) is 26.2 Å². The van der Waals surface area contributed by atoms with Crippen molar-refractivity contribution in [2.24, 2.45) is 5.92 Å². The number of rotatable bonds is 3. The zero-order valence-corrected chi connectivity index (χ0v) is 11.1. The highest BCUT2D eigenvalue weighted by Crippen LogP contribution is 2.26. The van der Waals surface area contributed by atoms with Gasteiger partial charge in [-0.15, -0.1) is 0 Å². The molecule has 1 aromatic heterocycles. The molecular weight excluding hydrogens is 268 g/mol. The Morgan fingerprint density at radius 2 is 2.25 bits per heavy atom. The lowest BCUT2D eigenvalue weighted by atomic mass is 9.99. The average Bonchev–Trinajstić information content (AvgIpc) is 2.32. The molecule has 1 fully saturated rings. The number of hydrogen-bond donors (Lipinski definition) is 1. The Balaban J connectivity index is 1.91. The average molecular weight is 285 g/mol. The van der Waals surface area contributed by atoms with Crippen LogP contribution in [0.25, 0.3) is 0 Å². The van der Waals surface area contributed by atoms with E-state index in [1.807, 2.05) is 13.0 Å². The lowest BCUT2D eigenvalue weighted by Gasteiger charge is -2.22. The lowest BCUT2D eigenvalue weighted by molar-refractivity contribution is 0.207. The number of aromatic nitrogens is 1. The molecule has 0 aromatic carbocycles. The van der Waals surface area contributed by atoms with E-state index in [4.69, 9.17) is 4.74 Å². The summed E-state index contributed by atoms with van der Waals surface area (Å²) in [7, 11) is 0.